The number of benzene rings is 1. The Labute approximate surface area is 240 Å². The van der Waals surface area contributed by atoms with Crippen LogP contribution in [0.25, 0.3) is 27.7 Å². The average molecular weight is 557 g/mol. The molecular weight excluding hydrogens is 520 g/mol. The first-order chi connectivity index (χ1) is 19.7. The van der Waals surface area contributed by atoms with Gasteiger partial charge in [-0.25, -0.2) is 9.78 Å². The van der Waals surface area contributed by atoms with E-state index in [4.69, 9.17) is 4.74 Å². The number of rotatable bonds is 7. The monoisotopic (exact) mass is 556 g/mol. The summed E-state index contributed by atoms with van der Waals surface area (Å²) >= 11 is 0. The Bertz CT molecular complexity index is 1540. The number of H-pyrrole nitrogens is 1. The van der Waals surface area contributed by atoms with Crippen molar-refractivity contribution >= 4 is 40.1 Å². The van der Waals surface area contributed by atoms with Crippen molar-refractivity contribution in [2.24, 2.45) is 0 Å². The van der Waals surface area contributed by atoms with Crippen LogP contribution in [-0.2, 0) is 9.53 Å². The normalized spacial score (nSPS) is 14.2. The second-order valence-corrected chi connectivity index (χ2v) is 9.88. The zero-order valence-corrected chi connectivity index (χ0v) is 24.2. The number of fused-ring (bicyclic) bond motifs is 1. The number of pyridine rings is 1. The number of ether oxygens (including phenoxy) is 1. The van der Waals surface area contributed by atoms with E-state index >= 15 is 0 Å². The van der Waals surface area contributed by atoms with Gasteiger partial charge in [0, 0.05) is 81.7 Å². The van der Waals surface area contributed by atoms with Gasteiger partial charge in [0.05, 0.1) is 18.4 Å². The van der Waals surface area contributed by atoms with Crippen molar-refractivity contribution in [1.29, 1.82) is 0 Å². The van der Waals surface area contributed by atoms with Crippen molar-refractivity contribution in [1.82, 2.24) is 24.7 Å². The fraction of sp³-hybridized carbons (Fsp3) is 0.290. The van der Waals surface area contributed by atoms with Gasteiger partial charge in [-0.2, -0.15) is 0 Å². The fourth-order valence-corrected chi connectivity index (χ4v) is 4.86. The summed E-state index contributed by atoms with van der Waals surface area (Å²) in [5.41, 5.74) is 4.84. The minimum absolute atomic E-state index is 0.00660. The summed E-state index contributed by atoms with van der Waals surface area (Å²) in [7, 11) is 4.97. The van der Waals surface area contributed by atoms with E-state index in [0.717, 1.165) is 27.6 Å². The second kappa shape index (κ2) is 12.5. The topological polar surface area (TPSA) is 111 Å². The number of urea groups is 1. The average Bonchev–Trinajstić information content (AvgIpc) is 3.40. The number of piperazine rings is 1. The van der Waals surface area contributed by atoms with E-state index in [2.05, 4.69) is 21.9 Å². The molecule has 3 heterocycles. The number of methoxy groups -OCH3 is 1. The molecule has 2 aromatic heterocycles. The largest absolute Gasteiger partial charge is 0.496 e. The highest BCUT2D eigenvalue weighted by Crippen LogP contribution is 2.33. The summed E-state index contributed by atoms with van der Waals surface area (Å²) in [4.78, 5) is 50.6. The van der Waals surface area contributed by atoms with Crippen molar-refractivity contribution in [3.05, 3.63) is 78.4 Å². The predicted molar refractivity (Wildman–Crippen MR) is 161 cm³/mol. The molecule has 0 unspecified atom stereocenters. The number of nitrogens with one attached hydrogen (secondary N) is 2. The third kappa shape index (κ3) is 6.16. The third-order valence-electron chi connectivity index (χ3n) is 7.10. The molecule has 1 aliphatic heterocycles. The Morgan fingerprint density at radius 2 is 1.78 bits per heavy atom. The molecule has 1 saturated heterocycles. The molecule has 0 atom stereocenters. The van der Waals surface area contributed by atoms with Crippen LogP contribution in [0, 0.1) is 0 Å². The van der Waals surface area contributed by atoms with Crippen molar-refractivity contribution < 1.29 is 19.1 Å². The lowest BCUT2D eigenvalue weighted by Gasteiger charge is -2.34. The van der Waals surface area contributed by atoms with Crippen molar-refractivity contribution in [2.45, 2.75) is 13.8 Å². The van der Waals surface area contributed by atoms with Crippen LogP contribution >= 0.6 is 0 Å². The van der Waals surface area contributed by atoms with Gasteiger partial charge in [-0.15, -0.1) is 0 Å². The number of allylic oxidation sites excluding steroid dienone is 4. The Balaban J connectivity index is 1.69. The first-order valence-corrected chi connectivity index (χ1v) is 13.4. The van der Waals surface area contributed by atoms with Crippen LogP contribution < -0.4 is 5.32 Å². The molecule has 0 spiro atoms. The second-order valence-electron chi connectivity index (χ2n) is 9.88. The summed E-state index contributed by atoms with van der Waals surface area (Å²) in [5.74, 6) is 0.458. The van der Waals surface area contributed by atoms with Gasteiger partial charge in [0.15, 0.2) is 0 Å². The Hall–Kier alpha value is -4.86. The molecule has 0 bridgehead atoms. The van der Waals surface area contributed by atoms with E-state index in [9.17, 15) is 14.4 Å². The van der Waals surface area contributed by atoms with E-state index in [-0.39, 0.29) is 17.8 Å². The standard InChI is InChI=1S/C31H36N6O4/c1-7-9-23(28(8-2)41-6)26-19-33-29-24(26)17-22(18-32-29)21-10-11-27(25(16-21)30(39)35(4)5)34-31(40)37-14-12-36(13-15-37)20(3)38/h7-11,16-19H,1,12-15H2,2-6H3,(H,32,33)(H,34,40)/b23-9-,28-8+. The van der Waals surface area contributed by atoms with Crippen LogP contribution in [-0.4, -0.2) is 89.9 Å². The minimum atomic E-state index is -0.312. The number of aromatic nitrogens is 2. The molecule has 0 saturated carbocycles. The molecule has 10 nitrogen and oxygen atoms in total. The van der Waals surface area contributed by atoms with Crippen LogP contribution in [0.3, 0.4) is 0 Å². The summed E-state index contributed by atoms with van der Waals surface area (Å²) in [6, 6.07) is 7.07. The number of amides is 4. The molecule has 2 N–H and O–H groups in total. The molecule has 0 aliphatic carbocycles. The van der Waals surface area contributed by atoms with Gasteiger partial charge in [0.25, 0.3) is 5.91 Å². The highest BCUT2D eigenvalue weighted by molar-refractivity contribution is 6.05. The number of hydrogen-bond donors (Lipinski definition) is 2. The van der Waals surface area contributed by atoms with Crippen LogP contribution in [0.15, 0.2) is 67.2 Å². The number of aromatic amines is 1. The van der Waals surface area contributed by atoms with Crippen LogP contribution in [0.4, 0.5) is 10.5 Å². The van der Waals surface area contributed by atoms with Crippen molar-refractivity contribution in [3.63, 3.8) is 0 Å². The summed E-state index contributed by atoms with van der Waals surface area (Å²) in [6.07, 6.45) is 9.12. The van der Waals surface area contributed by atoms with E-state index in [1.165, 1.54) is 11.8 Å². The molecule has 41 heavy (non-hydrogen) atoms. The molecule has 1 fully saturated rings. The van der Waals surface area contributed by atoms with Crippen molar-refractivity contribution in [3.8, 4) is 11.1 Å². The van der Waals surface area contributed by atoms with Crippen molar-refractivity contribution in [2.75, 3.05) is 52.7 Å². The number of carbonyl (C=O) groups excluding carboxylic acids is 3. The van der Waals surface area contributed by atoms with Gasteiger partial charge >= 0.3 is 6.03 Å². The van der Waals surface area contributed by atoms with E-state index in [0.29, 0.717) is 48.8 Å². The van der Waals surface area contributed by atoms with Gasteiger partial charge < -0.3 is 29.7 Å². The number of nitrogens with zero attached hydrogens (tertiary/aromatic N) is 4. The lowest BCUT2D eigenvalue weighted by molar-refractivity contribution is -0.130. The number of anilines is 1. The molecule has 4 rings (SSSR count). The van der Waals surface area contributed by atoms with Gasteiger partial charge in [0.2, 0.25) is 5.91 Å². The molecule has 4 amide bonds. The quantitative estimate of drug-likeness (QED) is 0.322. The Morgan fingerprint density at radius 3 is 2.39 bits per heavy atom. The zero-order chi connectivity index (χ0) is 29.7. The zero-order valence-electron chi connectivity index (χ0n) is 24.2. The maximum atomic E-state index is 13.2. The van der Waals surface area contributed by atoms with Crippen LogP contribution in [0.5, 0.6) is 0 Å². The third-order valence-corrected chi connectivity index (χ3v) is 7.10. The highest BCUT2D eigenvalue weighted by Gasteiger charge is 2.24. The number of hydrogen-bond acceptors (Lipinski definition) is 5. The lowest BCUT2D eigenvalue weighted by atomic mass is 9.99. The molecular formula is C31H36N6O4. The lowest BCUT2D eigenvalue weighted by Crippen LogP contribution is -2.51. The van der Waals surface area contributed by atoms with Crippen LogP contribution in [0.2, 0.25) is 0 Å². The molecule has 0 radical (unpaired) electrons. The molecule has 3 aromatic rings. The first kappa shape index (κ1) is 29.1. The van der Waals surface area contributed by atoms with Gasteiger partial charge in [0.1, 0.15) is 11.4 Å². The predicted octanol–water partition coefficient (Wildman–Crippen LogP) is 4.75. The molecule has 1 aromatic carbocycles. The summed E-state index contributed by atoms with van der Waals surface area (Å²) in [5, 5.41) is 3.79. The van der Waals surface area contributed by atoms with Gasteiger partial charge in [-0.1, -0.05) is 24.8 Å². The SMILES string of the molecule is C=C/C=C(\C(=C/C)OC)c1c[nH]c2ncc(-c3ccc(NC(=O)N4CCN(C(C)=O)CC4)c(C(=O)N(C)C)c3)cc12. The highest BCUT2D eigenvalue weighted by atomic mass is 16.5. The fourth-order valence-electron chi connectivity index (χ4n) is 4.86. The van der Waals surface area contributed by atoms with Gasteiger partial charge in [-0.3, -0.25) is 9.59 Å². The Morgan fingerprint density at radius 1 is 1.07 bits per heavy atom. The van der Waals surface area contributed by atoms with E-state index in [1.54, 1.807) is 55.4 Å². The van der Waals surface area contributed by atoms with Gasteiger partial charge in [-0.05, 0) is 36.8 Å². The maximum absolute atomic E-state index is 13.2. The molecule has 10 heteroatoms. The summed E-state index contributed by atoms with van der Waals surface area (Å²) < 4.78 is 5.58. The molecule has 214 valence electrons. The number of carbonyl (C=O) groups is 3. The molecule has 1 aliphatic rings. The summed E-state index contributed by atoms with van der Waals surface area (Å²) in [6.45, 7) is 9.08. The van der Waals surface area contributed by atoms with Crippen LogP contribution in [0.1, 0.15) is 29.8 Å². The Kier molecular flexibility index (Phi) is 8.91. The maximum Gasteiger partial charge on any atom is 0.321 e. The van der Waals surface area contributed by atoms with E-state index in [1.807, 2.05) is 37.4 Å². The smallest absolute Gasteiger partial charge is 0.321 e. The first-order valence-electron chi connectivity index (χ1n) is 13.4. The minimum Gasteiger partial charge on any atom is -0.496 e. The van der Waals surface area contributed by atoms with E-state index < -0.39 is 0 Å².